The van der Waals surface area contributed by atoms with Crippen LogP contribution in [0.1, 0.15) is 16.1 Å². The number of rotatable bonds is 2. The Hall–Kier alpha value is -1.54. The molecule has 0 spiro atoms. The van der Waals surface area contributed by atoms with Crippen molar-refractivity contribution in [2.45, 2.75) is 6.92 Å². The highest BCUT2D eigenvalue weighted by atomic mass is 35.5. The van der Waals surface area contributed by atoms with Gasteiger partial charge in [0.2, 0.25) is 0 Å². The van der Waals surface area contributed by atoms with Gasteiger partial charge in [-0.05, 0) is 30.7 Å². The van der Waals surface area contributed by atoms with Crippen LogP contribution in [0.5, 0.6) is 0 Å². The maximum Gasteiger partial charge on any atom is 0.185 e. The fourth-order valence-corrected chi connectivity index (χ4v) is 1.81. The smallest absolute Gasteiger partial charge is 0.185 e. The number of aryl methyl sites for hydroxylation is 1. The predicted octanol–water partition coefficient (Wildman–Crippen LogP) is 3.72. The van der Waals surface area contributed by atoms with E-state index in [4.69, 9.17) is 16.0 Å². The summed E-state index contributed by atoms with van der Waals surface area (Å²) in [6.45, 7) is 1.95. The summed E-state index contributed by atoms with van der Waals surface area (Å²) in [5, 5.41) is 0.627. The SMILES string of the molecule is Cc1cccc(Cl)c1-c1ccc(C=O)o1. The Balaban J connectivity index is 2.58. The number of furan rings is 1. The molecule has 0 aliphatic carbocycles. The monoisotopic (exact) mass is 220 g/mol. The highest BCUT2D eigenvalue weighted by Gasteiger charge is 2.10. The fraction of sp³-hybridized carbons (Fsp3) is 0.0833. The second kappa shape index (κ2) is 3.91. The van der Waals surface area contributed by atoms with Crippen LogP contribution >= 0.6 is 11.6 Å². The van der Waals surface area contributed by atoms with E-state index in [1.807, 2.05) is 19.1 Å². The Labute approximate surface area is 92.5 Å². The summed E-state index contributed by atoms with van der Waals surface area (Å²) in [6, 6.07) is 9.01. The lowest BCUT2D eigenvalue weighted by Crippen LogP contribution is -1.82. The molecule has 2 nitrogen and oxygen atoms in total. The van der Waals surface area contributed by atoms with E-state index in [9.17, 15) is 4.79 Å². The largest absolute Gasteiger partial charge is 0.453 e. The maximum atomic E-state index is 10.5. The molecule has 1 heterocycles. The number of hydrogen-bond acceptors (Lipinski definition) is 2. The molecular weight excluding hydrogens is 212 g/mol. The minimum absolute atomic E-state index is 0.310. The molecule has 0 N–H and O–H groups in total. The molecular formula is C12H9ClO2. The van der Waals surface area contributed by atoms with Crippen LogP contribution in [0.15, 0.2) is 34.7 Å². The second-order valence-corrected chi connectivity index (χ2v) is 3.66. The summed E-state index contributed by atoms with van der Waals surface area (Å²) < 4.78 is 5.33. The van der Waals surface area contributed by atoms with E-state index in [0.29, 0.717) is 22.8 Å². The van der Waals surface area contributed by atoms with Crippen molar-refractivity contribution < 1.29 is 9.21 Å². The van der Waals surface area contributed by atoms with Crippen molar-refractivity contribution in [1.82, 2.24) is 0 Å². The molecule has 0 saturated carbocycles. The van der Waals surface area contributed by atoms with E-state index in [1.54, 1.807) is 18.2 Å². The molecule has 0 saturated heterocycles. The average Bonchev–Trinajstić information content (AvgIpc) is 2.66. The lowest BCUT2D eigenvalue weighted by molar-refractivity contribution is 0.110. The summed E-state index contributed by atoms with van der Waals surface area (Å²) in [6.07, 6.45) is 0.676. The molecule has 2 rings (SSSR count). The zero-order valence-electron chi connectivity index (χ0n) is 8.16. The van der Waals surface area contributed by atoms with Crippen LogP contribution in [-0.4, -0.2) is 6.29 Å². The van der Waals surface area contributed by atoms with Gasteiger partial charge in [-0.2, -0.15) is 0 Å². The van der Waals surface area contributed by atoms with Crippen LogP contribution in [0.3, 0.4) is 0 Å². The topological polar surface area (TPSA) is 30.2 Å². The molecule has 0 fully saturated rings. The van der Waals surface area contributed by atoms with Gasteiger partial charge >= 0.3 is 0 Å². The number of carbonyl (C=O) groups is 1. The van der Waals surface area contributed by atoms with Gasteiger partial charge in [0.05, 0.1) is 5.02 Å². The molecule has 15 heavy (non-hydrogen) atoms. The number of aldehydes is 1. The van der Waals surface area contributed by atoms with E-state index in [1.165, 1.54) is 0 Å². The van der Waals surface area contributed by atoms with Crippen molar-refractivity contribution in [3.8, 4) is 11.3 Å². The predicted molar refractivity (Wildman–Crippen MR) is 59.3 cm³/mol. The van der Waals surface area contributed by atoms with E-state index in [-0.39, 0.29) is 0 Å². The zero-order chi connectivity index (χ0) is 10.8. The van der Waals surface area contributed by atoms with E-state index in [0.717, 1.165) is 11.1 Å². The minimum Gasteiger partial charge on any atom is -0.453 e. The molecule has 0 bridgehead atoms. The maximum absolute atomic E-state index is 10.5. The molecule has 0 atom stereocenters. The van der Waals surface area contributed by atoms with Crippen LogP contribution in [0.2, 0.25) is 5.02 Å². The van der Waals surface area contributed by atoms with Crippen LogP contribution in [0, 0.1) is 6.92 Å². The number of halogens is 1. The standard InChI is InChI=1S/C12H9ClO2/c1-8-3-2-4-10(13)12(8)11-6-5-9(7-14)15-11/h2-7H,1H3. The molecule has 1 aromatic heterocycles. The third kappa shape index (κ3) is 1.81. The fourth-order valence-electron chi connectivity index (χ4n) is 1.49. The molecule has 1 aromatic carbocycles. The van der Waals surface area contributed by atoms with Crippen molar-refractivity contribution in [3.63, 3.8) is 0 Å². The quantitative estimate of drug-likeness (QED) is 0.722. The summed E-state index contributed by atoms with van der Waals surface area (Å²) in [7, 11) is 0. The van der Waals surface area contributed by atoms with E-state index >= 15 is 0 Å². The Morgan fingerprint density at radius 3 is 2.67 bits per heavy atom. The van der Waals surface area contributed by atoms with Crippen LogP contribution < -0.4 is 0 Å². The summed E-state index contributed by atoms with van der Waals surface area (Å²) >= 11 is 6.07. The Morgan fingerprint density at radius 1 is 1.27 bits per heavy atom. The van der Waals surface area contributed by atoms with Gasteiger partial charge in [-0.25, -0.2) is 0 Å². The van der Waals surface area contributed by atoms with Gasteiger partial charge in [0, 0.05) is 5.56 Å². The zero-order valence-corrected chi connectivity index (χ0v) is 8.91. The number of carbonyl (C=O) groups excluding carboxylic acids is 1. The Bertz CT molecular complexity index is 480. The molecule has 0 radical (unpaired) electrons. The van der Waals surface area contributed by atoms with Crippen LogP contribution in [0.4, 0.5) is 0 Å². The summed E-state index contributed by atoms with van der Waals surface area (Å²) in [5.74, 6) is 0.935. The van der Waals surface area contributed by atoms with Gasteiger partial charge < -0.3 is 4.42 Å². The normalized spacial score (nSPS) is 10.3. The van der Waals surface area contributed by atoms with Gasteiger partial charge in [-0.3, -0.25) is 4.79 Å². The van der Waals surface area contributed by atoms with Crippen molar-refractivity contribution in [2.75, 3.05) is 0 Å². The number of hydrogen-bond donors (Lipinski definition) is 0. The first-order valence-corrected chi connectivity index (χ1v) is 4.90. The summed E-state index contributed by atoms with van der Waals surface area (Å²) in [4.78, 5) is 10.5. The average molecular weight is 221 g/mol. The van der Waals surface area contributed by atoms with Crippen molar-refractivity contribution >= 4 is 17.9 Å². The first kappa shape index (κ1) is 9.99. The molecule has 0 unspecified atom stereocenters. The Kier molecular flexibility index (Phi) is 2.60. The van der Waals surface area contributed by atoms with Gasteiger partial charge in [-0.1, -0.05) is 23.7 Å². The highest BCUT2D eigenvalue weighted by molar-refractivity contribution is 6.33. The van der Waals surface area contributed by atoms with E-state index < -0.39 is 0 Å². The minimum atomic E-state index is 0.310. The lowest BCUT2D eigenvalue weighted by Gasteiger charge is -2.04. The van der Waals surface area contributed by atoms with Crippen LogP contribution in [0.25, 0.3) is 11.3 Å². The molecule has 0 aliphatic heterocycles. The second-order valence-electron chi connectivity index (χ2n) is 3.25. The molecule has 76 valence electrons. The first-order valence-electron chi connectivity index (χ1n) is 4.53. The number of benzene rings is 1. The van der Waals surface area contributed by atoms with Gasteiger partial charge in [-0.15, -0.1) is 0 Å². The molecule has 2 aromatic rings. The van der Waals surface area contributed by atoms with Gasteiger partial charge in [0.15, 0.2) is 12.0 Å². The van der Waals surface area contributed by atoms with Crippen LogP contribution in [-0.2, 0) is 0 Å². The highest BCUT2D eigenvalue weighted by Crippen LogP contribution is 2.31. The molecule has 3 heteroatoms. The Morgan fingerprint density at radius 2 is 2.07 bits per heavy atom. The van der Waals surface area contributed by atoms with Gasteiger partial charge in [0.1, 0.15) is 5.76 Å². The first-order chi connectivity index (χ1) is 7.22. The third-order valence-electron chi connectivity index (χ3n) is 2.21. The summed E-state index contributed by atoms with van der Waals surface area (Å²) in [5.41, 5.74) is 1.86. The molecule has 0 amide bonds. The molecule has 0 aliphatic rings. The van der Waals surface area contributed by atoms with E-state index in [2.05, 4.69) is 0 Å². The van der Waals surface area contributed by atoms with Gasteiger partial charge in [0.25, 0.3) is 0 Å². The lowest BCUT2D eigenvalue weighted by atomic mass is 10.1. The van der Waals surface area contributed by atoms with Crippen molar-refractivity contribution in [2.24, 2.45) is 0 Å². The third-order valence-corrected chi connectivity index (χ3v) is 2.53. The van der Waals surface area contributed by atoms with Crippen molar-refractivity contribution in [1.29, 1.82) is 0 Å². The van der Waals surface area contributed by atoms with Crippen molar-refractivity contribution in [3.05, 3.63) is 46.7 Å².